The molecule has 0 spiro atoms. The number of hydrogen-bond acceptors (Lipinski definition) is 5. The molecule has 5 nitrogen and oxygen atoms in total. The summed E-state index contributed by atoms with van der Waals surface area (Å²) < 4.78 is 11.5. The summed E-state index contributed by atoms with van der Waals surface area (Å²) in [5.41, 5.74) is 5.41. The van der Waals surface area contributed by atoms with Gasteiger partial charge in [-0.3, -0.25) is 16.2 Å². The molecule has 116 valence electrons. The zero-order valence-electron chi connectivity index (χ0n) is 12.7. The molecule has 1 aromatic rings. The Morgan fingerprint density at radius 3 is 3.14 bits per heavy atom. The Kier molecular flexibility index (Phi) is 4.75. The predicted octanol–water partition coefficient (Wildman–Crippen LogP) is 1.24. The number of nitrogens with one attached hydrogen (secondary N) is 1. The minimum atomic E-state index is 0.0237. The highest BCUT2D eigenvalue weighted by Crippen LogP contribution is 2.30. The Hall–Kier alpha value is -1.14. The fraction of sp³-hybridized carbons (Fsp3) is 0.625. The second kappa shape index (κ2) is 6.75. The van der Waals surface area contributed by atoms with Gasteiger partial charge in [-0.2, -0.15) is 0 Å². The van der Waals surface area contributed by atoms with Crippen molar-refractivity contribution in [2.75, 3.05) is 32.8 Å². The average Bonchev–Trinajstić information content (AvgIpc) is 2.96. The van der Waals surface area contributed by atoms with Crippen LogP contribution in [0.15, 0.2) is 18.2 Å². The molecule has 2 aliphatic rings. The van der Waals surface area contributed by atoms with Crippen LogP contribution in [0.3, 0.4) is 0 Å². The number of hydrazine groups is 1. The number of benzene rings is 1. The molecule has 1 fully saturated rings. The Morgan fingerprint density at radius 2 is 2.33 bits per heavy atom. The van der Waals surface area contributed by atoms with Crippen LogP contribution >= 0.6 is 0 Å². The van der Waals surface area contributed by atoms with Gasteiger partial charge >= 0.3 is 0 Å². The molecule has 2 heterocycles. The van der Waals surface area contributed by atoms with E-state index in [1.165, 1.54) is 17.5 Å². The summed E-state index contributed by atoms with van der Waals surface area (Å²) >= 11 is 0. The summed E-state index contributed by atoms with van der Waals surface area (Å²) in [7, 11) is 0. The van der Waals surface area contributed by atoms with E-state index in [1.807, 2.05) is 0 Å². The maximum Gasteiger partial charge on any atom is 0.122 e. The lowest BCUT2D eigenvalue weighted by molar-refractivity contribution is -0.0471. The van der Waals surface area contributed by atoms with Crippen LogP contribution in [-0.4, -0.2) is 43.9 Å². The third-order valence-corrected chi connectivity index (χ3v) is 4.34. The highest BCUT2D eigenvalue weighted by Gasteiger charge is 2.29. The van der Waals surface area contributed by atoms with Gasteiger partial charge in [-0.15, -0.1) is 0 Å². The van der Waals surface area contributed by atoms with E-state index >= 15 is 0 Å². The summed E-state index contributed by atoms with van der Waals surface area (Å²) in [4.78, 5) is 2.45. The van der Waals surface area contributed by atoms with Crippen LogP contribution in [0.1, 0.15) is 30.5 Å². The second-order valence-corrected chi connectivity index (χ2v) is 5.82. The van der Waals surface area contributed by atoms with Gasteiger partial charge in [0.1, 0.15) is 5.75 Å². The summed E-state index contributed by atoms with van der Waals surface area (Å²) in [5, 5.41) is 0. The van der Waals surface area contributed by atoms with Gasteiger partial charge in [-0.25, -0.2) is 0 Å². The van der Waals surface area contributed by atoms with E-state index in [0.717, 1.165) is 45.0 Å². The van der Waals surface area contributed by atoms with Crippen LogP contribution in [0, 0.1) is 0 Å². The molecule has 0 aromatic heterocycles. The average molecular weight is 291 g/mol. The SMILES string of the molecule is CCCN1CCOC(C(NN)c2ccc3c(c2)CCO3)C1. The molecule has 3 rings (SSSR count). The highest BCUT2D eigenvalue weighted by atomic mass is 16.5. The molecule has 2 unspecified atom stereocenters. The zero-order chi connectivity index (χ0) is 14.7. The fourth-order valence-electron chi connectivity index (χ4n) is 3.27. The Balaban J connectivity index is 1.75. The van der Waals surface area contributed by atoms with E-state index < -0.39 is 0 Å². The predicted molar refractivity (Wildman–Crippen MR) is 82.2 cm³/mol. The zero-order valence-corrected chi connectivity index (χ0v) is 12.7. The standard InChI is InChI=1S/C16H25N3O2/c1-2-6-19-7-9-21-15(11-19)16(18-17)13-3-4-14-12(10-13)5-8-20-14/h3-4,10,15-16,18H,2,5-9,11,17H2,1H3. The lowest BCUT2D eigenvalue weighted by Crippen LogP contribution is -2.49. The van der Waals surface area contributed by atoms with Crippen LogP contribution in [0.5, 0.6) is 5.75 Å². The number of fused-ring (bicyclic) bond motifs is 1. The molecule has 2 aliphatic heterocycles. The molecule has 1 aromatic carbocycles. The second-order valence-electron chi connectivity index (χ2n) is 5.82. The Morgan fingerprint density at radius 1 is 1.43 bits per heavy atom. The number of rotatable bonds is 5. The van der Waals surface area contributed by atoms with Crippen LogP contribution in [0.2, 0.25) is 0 Å². The first kappa shape index (κ1) is 14.8. The van der Waals surface area contributed by atoms with Crippen LogP contribution in [0.25, 0.3) is 0 Å². The van der Waals surface area contributed by atoms with Crippen molar-refractivity contribution in [3.05, 3.63) is 29.3 Å². The number of ether oxygens (including phenoxy) is 2. The lowest BCUT2D eigenvalue weighted by atomic mass is 9.97. The summed E-state index contributed by atoms with van der Waals surface area (Å²) in [6.45, 7) is 6.83. The largest absolute Gasteiger partial charge is 0.493 e. The molecule has 0 radical (unpaired) electrons. The van der Waals surface area contributed by atoms with E-state index in [0.29, 0.717) is 0 Å². The minimum absolute atomic E-state index is 0.0237. The van der Waals surface area contributed by atoms with Crippen molar-refractivity contribution in [2.24, 2.45) is 5.84 Å². The van der Waals surface area contributed by atoms with Crippen molar-refractivity contribution >= 4 is 0 Å². The smallest absolute Gasteiger partial charge is 0.122 e. The number of morpholine rings is 1. The van der Waals surface area contributed by atoms with Crippen molar-refractivity contribution in [2.45, 2.75) is 31.9 Å². The topological polar surface area (TPSA) is 59.8 Å². The van der Waals surface area contributed by atoms with Crippen molar-refractivity contribution < 1.29 is 9.47 Å². The van der Waals surface area contributed by atoms with E-state index in [4.69, 9.17) is 15.3 Å². The minimum Gasteiger partial charge on any atom is -0.493 e. The third-order valence-electron chi connectivity index (χ3n) is 4.34. The molecule has 1 saturated heterocycles. The molecule has 0 amide bonds. The van der Waals surface area contributed by atoms with Gasteiger partial charge in [0.05, 0.1) is 25.4 Å². The van der Waals surface area contributed by atoms with Crippen LogP contribution < -0.4 is 16.0 Å². The quantitative estimate of drug-likeness (QED) is 0.631. The van der Waals surface area contributed by atoms with Gasteiger partial charge in [0.25, 0.3) is 0 Å². The van der Waals surface area contributed by atoms with Gasteiger partial charge in [-0.1, -0.05) is 19.1 Å². The first-order chi connectivity index (χ1) is 10.3. The van der Waals surface area contributed by atoms with Crippen molar-refractivity contribution in [3.63, 3.8) is 0 Å². The summed E-state index contributed by atoms with van der Waals surface area (Å²) in [6, 6.07) is 6.37. The van der Waals surface area contributed by atoms with Crippen molar-refractivity contribution in [1.29, 1.82) is 0 Å². The number of hydrogen-bond donors (Lipinski definition) is 2. The van der Waals surface area contributed by atoms with E-state index in [9.17, 15) is 0 Å². The van der Waals surface area contributed by atoms with E-state index in [1.54, 1.807) is 0 Å². The maximum atomic E-state index is 5.97. The number of nitrogens with zero attached hydrogens (tertiary/aromatic N) is 1. The van der Waals surface area contributed by atoms with Crippen LogP contribution in [-0.2, 0) is 11.2 Å². The van der Waals surface area contributed by atoms with Gasteiger partial charge in [0, 0.05) is 19.5 Å². The molecular weight excluding hydrogens is 266 g/mol. The lowest BCUT2D eigenvalue weighted by Gasteiger charge is -2.36. The molecule has 21 heavy (non-hydrogen) atoms. The normalized spacial score (nSPS) is 23.6. The van der Waals surface area contributed by atoms with Gasteiger partial charge in [-0.05, 0) is 30.2 Å². The third kappa shape index (κ3) is 3.21. The van der Waals surface area contributed by atoms with Crippen molar-refractivity contribution in [3.8, 4) is 5.75 Å². The Labute approximate surface area is 126 Å². The molecule has 0 aliphatic carbocycles. The van der Waals surface area contributed by atoms with Gasteiger partial charge in [0.2, 0.25) is 0 Å². The molecule has 3 N–H and O–H groups in total. The molecule has 2 atom stereocenters. The Bertz CT molecular complexity index is 479. The van der Waals surface area contributed by atoms with Gasteiger partial charge < -0.3 is 9.47 Å². The first-order valence-electron chi connectivity index (χ1n) is 7.87. The monoisotopic (exact) mass is 291 g/mol. The molecule has 0 saturated carbocycles. The summed E-state index contributed by atoms with van der Waals surface area (Å²) in [6.07, 6.45) is 2.24. The number of nitrogens with two attached hydrogens (primary N) is 1. The van der Waals surface area contributed by atoms with E-state index in [-0.39, 0.29) is 12.1 Å². The summed E-state index contributed by atoms with van der Waals surface area (Å²) in [5.74, 6) is 6.83. The highest BCUT2D eigenvalue weighted by molar-refractivity contribution is 5.41. The maximum absolute atomic E-state index is 5.97. The first-order valence-corrected chi connectivity index (χ1v) is 7.87. The fourth-order valence-corrected chi connectivity index (χ4v) is 3.27. The van der Waals surface area contributed by atoms with Crippen molar-refractivity contribution in [1.82, 2.24) is 10.3 Å². The van der Waals surface area contributed by atoms with Gasteiger partial charge in [0.15, 0.2) is 0 Å². The molecule has 0 bridgehead atoms. The van der Waals surface area contributed by atoms with E-state index in [2.05, 4.69) is 35.4 Å². The molecular formula is C16H25N3O2. The van der Waals surface area contributed by atoms with Crippen LogP contribution in [0.4, 0.5) is 0 Å². The molecule has 5 heteroatoms.